The van der Waals surface area contributed by atoms with Crippen molar-refractivity contribution >= 4 is 97.7 Å². The minimum Gasteiger partial charge on any atom is -0.456 e. The Balaban J connectivity index is 1.10. The van der Waals surface area contributed by atoms with Crippen LogP contribution in [0.1, 0.15) is 0 Å². The van der Waals surface area contributed by atoms with E-state index in [0.717, 1.165) is 54.6 Å². The molecule has 0 amide bonds. The number of para-hydroxylation sites is 1. The maximum Gasteiger partial charge on any atom is 0.147 e. The van der Waals surface area contributed by atoms with E-state index in [9.17, 15) is 0 Å². The van der Waals surface area contributed by atoms with Crippen molar-refractivity contribution < 1.29 is 8.83 Å². The lowest BCUT2D eigenvalue weighted by Gasteiger charge is -2.20. The van der Waals surface area contributed by atoms with Gasteiger partial charge in [0.25, 0.3) is 0 Å². The van der Waals surface area contributed by atoms with E-state index in [1.165, 1.54) is 76.5 Å². The highest BCUT2D eigenvalue weighted by Crippen LogP contribution is 2.49. The lowest BCUT2D eigenvalue weighted by Crippen LogP contribution is -1.93. The molecule has 2 nitrogen and oxygen atoms in total. The summed E-state index contributed by atoms with van der Waals surface area (Å²) in [5.41, 5.74) is 10.9. The summed E-state index contributed by atoms with van der Waals surface area (Å²) in [6.07, 6.45) is 0. The first-order valence-corrected chi connectivity index (χ1v) is 19.9. The molecule has 0 bridgehead atoms. The summed E-state index contributed by atoms with van der Waals surface area (Å²) < 4.78 is 13.2. The number of rotatable bonds is 3. The zero-order chi connectivity index (χ0) is 37.9. The van der Waals surface area contributed by atoms with E-state index in [-0.39, 0.29) is 0 Å². The Kier molecular flexibility index (Phi) is 6.47. The van der Waals surface area contributed by atoms with Gasteiger partial charge in [0.15, 0.2) is 0 Å². The lowest BCUT2D eigenvalue weighted by atomic mass is 9.82. The average Bonchev–Trinajstić information content (AvgIpc) is 3.86. The molecule has 2 heteroatoms. The molecular weight excluding hydrogens is 705 g/mol. The first-order valence-electron chi connectivity index (χ1n) is 19.9. The summed E-state index contributed by atoms with van der Waals surface area (Å²) in [6.45, 7) is 0. The molecule has 0 aliphatic heterocycles. The normalized spacial score (nSPS) is 12.1. The molecular formula is C56H32O2. The fraction of sp³-hybridized carbons (Fsp3) is 0. The zero-order valence-electron chi connectivity index (χ0n) is 31.3. The fourth-order valence-electron chi connectivity index (χ4n) is 9.99. The van der Waals surface area contributed by atoms with Gasteiger partial charge in [0.2, 0.25) is 0 Å². The van der Waals surface area contributed by atoms with E-state index in [2.05, 4.69) is 182 Å². The summed E-state index contributed by atoms with van der Waals surface area (Å²) in [5, 5.41) is 16.5. The molecule has 0 radical (unpaired) electrons. The third-order valence-electron chi connectivity index (χ3n) is 12.5. The molecule has 0 aliphatic carbocycles. The molecule has 2 aromatic heterocycles. The van der Waals surface area contributed by atoms with Gasteiger partial charge >= 0.3 is 0 Å². The summed E-state index contributed by atoms with van der Waals surface area (Å²) in [7, 11) is 0. The molecule has 0 saturated carbocycles. The maximum absolute atomic E-state index is 6.89. The molecule has 0 aliphatic rings. The number of fused-ring (bicyclic) bond motifs is 13. The van der Waals surface area contributed by atoms with Crippen LogP contribution in [0, 0.1) is 0 Å². The third-order valence-corrected chi connectivity index (χ3v) is 12.5. The van der Waals surface area contributed by atoms with Crippen molar-refractivity contribution in [2.24, 2.45) is 0 Å². The topological polar surface area (TPSA) is 26.3 Å². The Morgan fingerprint density at radius 3 is 1.41 bits per heavy atom. The van der Waals surface area contributed by atoms with Gasteiger partial charge < -0.3 is 8.83 Å². The second-order valence-electron chi connectivity index (χ2n) is 15.4. The van der Waals surface area contributed by atoms with E-state index < -0.39 is 0 Å². The van der Waals surface area contributed by atoms with E-state index in [1.807, 2.05) is 12.1 Å². The summed E-state index contributed by atoms with van der Waals surface area (Å²) >= 11 is 0. The van der Waals surface area contributed by atoms with E-state index >= 15 is 0 Å². The van der Waals surface area contributed by atoms with Crippen LogP contribution < -0.4 is 0 Å². The molecule has 0 atom stereocenters. The SMILES string of the molecule is c1ccc2c(-c3c4ccccc4c(-c4ccc(-c5cc6c7ccc8oc9ccccc9c8c7oc6c6ccccc56)c5ccccc45)c4ccccc34)cccc2c1. The van der Waals surface area contributed by atoms with Crippen LogP contribution in [0.2, 0.25) is 0 Å². The monoisotopic (exact) mass is 736 g/mol. The molecule has 11 aromatic carbocycles. The predicted octanol–water partition coefficient (Wildman–Crippen LogP) is 16.3. The van der Waals surface area contributed by atoms with Crippen molar-refractivity contribution in [1.82, 2.24) is 0 Å². The zero-order valence-corrected chi connectivity index (χ0v) is 31.3. The van der Waals surface area contributed by atoms with Crippen LogP contribution in [0.3, 0.4) is 0 Å². The standard InChI is InChI=1S/C56H32O2/c1-2-16-34-33(14-1)15-13-26-39(34)52-40-20-6-8-22-42(40)53(43-23-9-7-21-41(43)52)44-29-28-38(35-17-3-4-18-36(35)44)48-32-49-46-30-31-51-54(47-25-11-12-27-50(47)57-51)56(46)58-55(49)45-24-10-5-19-37(45)48/h1-32H. The molecule has 0 fully saturated rings. The van der Waals surface area contributed by atoms with Gasteiger partial charge in [0.05, 0.1) is 5.39 Å². The summed E-state index contributed by atoms with van der Waals surface area (Å²) in [5.74, 6) is 0. The van der Waals surface area contributed by atoms with Gasteiger partial charge in [0, 0.05) is 21.5 Å². The number of hydrogen-bond acceptors (Lipinski definition) is 2. The van der Waals surface area contributed by atoms with Crippen molar-refractivity contribution in [2.45, 2.75) is 0 Å². The minimum atomic E-state index is 0.837. The molecule has 13 aromatic rings. The molecule has 0 N–H and O–H groups in total. The number of hydrogen-bond donors (Lipinski definition) is 0. The fourth-order valence-corrected chi connectivity index (χ4v) is 9.99. The Labute approximate surface area is 332 Å². The molecule has 0 spiro atoms. The Bertz CT molecular complexity index is 3800. The van der Waals surface area contributed by atoms with Crippen molar-refractivity contribution in [3.63, 3.8) is 0 Å². The summed E-state index contributed by atoms with van der Waals surface area (Å²) in [6, 6.07) is 70.5. The van der Waals surface area contributed by atoms with E-state index in [0.29, 0.717) is 0 Å². The van der Waals surface area contributed by atoms with Crippen molar-refractivity contribution in [1.29, 1.82) is 0 Å². The number of benzene rings is 11. The van der Waals surface area contributed by atoms with Gasteiger partial charge in [-0.1, -0.05) is 170 Å². The van der Waals surface area contributed by atoms with Crippen LogP contribution in [-0.4, -0.2) is 0 Å². The molecule has 0 unspecified atom stereocenters. The highest BCUT2D eigenvalue weighted by atomic mass is 16.3. The van der Waals surface area contributed by atoms with E-state index in [4.69, 9.17) is 8.83 Å². The molecule has 2 heterocycles. The van der Waals surface area contributed by atoms with Crippen LogP contribution in [-0.2, 0) is 0 Å². The summed E-state index contributed by atoms with van der Waals surface area (Å²) in [4.78, 5) is 0. The van der Waals surface area contributed by atoms with Crippen LogP contribution in [0.4, 0.5) is 0 Å². The third kappa shape index (κ3) is 4.32. The maximum atomic E-state index is 6.89. The van der Waals surface area contributed by atoms with Gasteiger partial charge in [-0.05, 0) is 106 Å². The molecule has 0 saturated heterocycles. The molecule has 268 valence electrons. The van der Waals surface area contributed by atoms with Crippen molar-refractivity contribution in [3.8, 4) is 33.4 Å². The van der Waals surface area contributed by atoms with Crippen molar-refractivity contribution in [2.75, 3.05) is 0 Å². The highest BCUT2D eigenvalue weighted by molar-refractivity contribution is 6.28. The first kappa shape index (κ1) is 31.5. The number of furan rings is 2. The second-order valence-corrected chi connectivity index (χ2v) is 15.4. The van der Waals surface area contributed by atoms with Crippen molar-refractivity contribution in [3.05, 3.63) is 194 Å². The van der Waals surface area contributed by atoms with Gasteiger partial charge in [0.1, 0.15) is 22.3 Å². The predicted molar refractivity (Wildman–Crippen MR) is 245 cm³/mol. The van der Waals surface area contributed by atoms with Gasteiger partial charge in [-0.2, -0.15) is 0 Å². The van der Waals surface area contributed by atoms with Gasteiger partial charge in [-0.15, -0.1) is 0 Å². The van der Waals surface area contributed by atoms with Crippen LogP contribution in [0.25, 0.3) is 131 Å². The largest absolute Gasteiger partial charge is 0.456 e. The Morgan fingerprint density at radius 2 is 0.724 bits per heavy atom. The van der Waals surface area contributed by atoms with Crippen LogP contribution >= 0.6 is 0 Å². The van der Waals surface area contributed by atoms with E-state index in [1.54, 1.807) is 0 Å². The van der Waals surface area contributed by atoms with Crippen LogP contribution in [0.5, 0.6) is 0 Å². The quantitative estimate of drug-likeness (QED) is 0.169. The van der Waals surface area contributed by atoms with Gasteiger partial charge in [-0.25, -0.2) is 0 Å². The second kappa shape index (κ2) is 11.9. The molecule has 58 heavy (non-hydrogen) atoms. The molecule has 13 rings (SSSR count). The Morgan fingerprint density at radius 1 is 0.241 bits per heavy atom. The Hall–Kier alpha value is -7.68. The minimum absolute atomic E-state index is 0.837. The van der Waals surface area contributed by atoms with Crippen LogP contribution in [0.15, 0.2) is 203 Å². The van der Waals surface area contributed by atoms with Gasteiger partial charge in [-0.3, -0.25) is 0 Å². The first-order chi connectivity index (χ1) is 28.8. The highest BCUT2D eigenvalue weighted by Gasteiger charge is 2.23. The smallest absolute Gasteiger partial charge is 0.147 e. The average molecular weight is 737 g/mol. The lowest BCUT2D eigenvalue weighted by molar-refractivity contribution is 0.664.